The van der Waals surface area contributed by atoms with Crippen molar-refractivity contribution < 1.29 is 14.2 Å². The van der Waals surface area contributed by atoms with Crippen LogP contribution in [0.15, 0.2) is 48.5 Å². The van der Waals surface area contributed by atoms with Gasteiger partial charge in [-0.1, -0.05) is 36.4 Å². The molecule has 124 valence electrons. The van der Waals surface area contributed by atoms with Crippen LogP contribution in [0.2, 0.25) is 0 Å². The van der Waals surface area contributed by atoms with E-state index in [4.69, 9.17) is 14.2 Å². The van der Waals surface area contributed by atoms with Gasteiger partial charge in [-0.05, 0) is 47.5 Å². The van der Waals surface area contributed by atoms with Crippen LogP contribution in [0.3, 0.4) is 0 Å². The van der Waals surface area contributed by atoms with Gasteiger partial charge in [0.1, 0.15) is 5.75 Å². The first-order valence-corrected chi connectivity index (χ1v) is 7.88. The average molecular weight is 322 g/mol. The van der Waals surface area contributed by atoms with E-state index in [1.165, 1.54) is 10.8 Å². The van der Waals surface area contributed by atoms with Gasteiger partial charge in [0.05, 0.1) is 26.5 Å². The smallest absolute Gasteiger partial charge is 0.286 e. The Kier molecular flexibility index (Phi) is 4.34. The largest absolute Gasteiger partial charge is 0.497 e. The van der Waals surface area contributed by atoms with Crippen LogP contribution in [-0.2, 0) is 14.9 Å². The predicted molar refractivity (Wildman–Crippen MR) is 97.0 cm³/mol. The predicted octanol–water partition coefficient (Wildman–Crippen LogP) is 2.82. The summed E-state index contributed by atoms with van der Waals surface area (Å²) in [7, 11) is 4.91. The molecule has 3 rings (SSSR count). The molecule has 0 fully saturated rings. The number of rotatable bonds is 4. The molecule has 0 aliphatic heterocycles. The van der Waals surface area contributed by atoms with Gasteiger partial charge in [-0.25, -0.2) is 0 Å². The lowest BCUT2D eigenvalue weighted by Crippen LogP contribution is -2.26. The first-order valence-electron chi connectivity index (χ1n) is 7.88. The minimum absolute atomic E-state index is 0.143. The minimum Gasteiger partial charge on any atom is -0.497 e. The van der Waals surface area contributed by atoms with Gasteiger partial charge in [0.2, 0.25) is 0 Å². The van der Waals surface area contributed by atoms with Crippen LogP contribution in [0.4, 0.5) is 0 Å². The Morgan fingerprint density at radius 2 is 1.62 bits per heavy atom. The molecule has 24 heavy (non-hydrogen) atoms. The molecule has 0 heterocycles. The van der Waals surface area contributed by atoms with Crippen LogP contribution in [0.1, 0.15) is 18.1 Å². The summed E-state index contributed by atoms with van der Waals surface area (Å²) in [5.41, 5.74) is 2.25. The molecule has 1 atom stereocenters. The Balaban J connectivity index is 2.07. The molecule has 2 aromatic carbocycles. The molecular weight excluding hydrogens is 300 g/mol. The number of fused-ring (bicyclic) bond motifs is 1. The van der Waals surface area contributed by atoms with E-state index < -0.39 is 0 Å². The summed E-state index contributed by atoms with van der Waals surface area (Å²) in [6.07, 6.45) is 6.67. The first kappa shape index (κ1) is 16.2. The molecule has 3 nitrogen and oxygen atoms in total. The van der Waals surface area contributed by atoms with E-state index in [1.807, 2.05) is 18.2 Å². The molecule has 0 N–H and O–H groups in total. The van der Waals surface area contributed by atoms with E-state index >= 15 is 0 Å². The molecule has 0 saturated carbocycles. The van der Waals surface area contributed by atoms with E-state index in [9.17, 15) is 0 Å². The van der Waals surface area contributed by atoms with E-state index in [-0.39, 0.29) is 5.41 Å². The second-order valence-corrected chi connectivity index (χ2v) is 6.03. The van der Waals surface area contributed by atoms with Crippen molar-refractivity contribution in [3.8, 4) is 5.75 Å². The summed E-state index contributed by atoms with van der Waals surface area (Å²) in [5, 5.41) is 2.14. The molecule has 0 spiro atoms. The summed E-state index contributed by atoms with van der Waals surface area (Å²) in [6.45, 7) is 2.21. The van der Waals surface area contributed by atoms with Gasteiger partial charge < -0.3 is 14.2 Å². The van der Waals surface area contributed by atoms with Crippen molar-refractivity contribution >= 4 is 18.1 Å². The van der Waals surface area contributed by atoms with Crippen molar-refractivity contribution in [1.82, 2.24) is 0 Å². The number of allylic oxidation sites excluding steroid dienone is 1. The zero-order valence-corrected chi connectivity index (χ0v) is 14.5. The van der Waals surface area contributed by atoms with Gasteiger partial charge in [-0.15, -0.1) is 0 Å². The summed E-state index contributed by atoms with van der Waals surface area (Å²) in [5.74, 6) is 1.39. The van der Waals surface area contributed by atoms with E-state index in [1.54, 1.807) is 21.3 Å². The van der Waals surface area contributed by atoms with Crippen LogP contribution in [-0.4, -0.2) is 21.3 Å². The highest BCUT2D eigenvalue weighted by Crippen LogP contribution is 2.31. The fraction of sp³-hybridized carbons (Fsp3) is 0.238. The number of benzene rings is 2. The minimum atomic E-state index is -0.143. The number of hydrogen-bond acceptors (Lipinski definition) is 3. The van der Waals surface area contributed by atoms with Gasteiger partial charge in [0.15, 0.2) is 0 Å². The van der Waals surface area contributed by atoms with Crippen molar-refractivity contribution in [2.75, 3.05) is 21.3 Å². The average Bonchev–Trinajstić information content (AvgIpc) is 2.63. The van der Waals surface area contributed by atoms with E-state index in [2.05, 4.69) is 49.4 Å². The molecule has 0 saturated heterocycles. The van der Waals surface area contributed by atoms with Crippen LogP contribution in [0.5, 0.6) is 5.75 Å². The van der Waals surface area contributed by atoms with Crippen LogP contribution in [0.25, 0.3) is 18.1 Å². The molecule has 3 heteroatoms. The Hall–Kier alpha value is -2.68. The molecule has 0 bridgehead atoms. The quantitative estimate of drug-likeness (QED) is 0.866. The fourth-order valence-electron chi connectivity index (χ4n) is 3.06. The third-order valence-electron chi connectivity index (χ3n) is 4.47. The summed E-state index contributed by atoms with van der Waals surface area (Å²) in [6, 6.07) is 14.4. The molecule has 0 radical (unpaired) electrons. The zero-order valence-electron chi connectivity index (χ0n) is 14.5. The number of methoxy groups -OCH3 is 3. The summed E-state index contributed by atoms with van der Waals surface area (Å²) >= 11 is 0. The van der Waals surface area contributed by atoms with Gasteiger partial charge in [0.25, 0.3) is 5.95 Å². The van der Waals surface area contributed by atoms with Gasteiger partial charge in [0, 0.05) is 5.41 Å². The second-order valence-electron chi connectivity index (χ2n) is 6.03. The van der Waals surface area contributed by atoms with Gasteiger partial charge >= 0.3 is 0 Å². The lowest BCUT2D eigenvalue weighted by Gasteiger charge is -2.26. The SMILES string of the molecule is COC(OC)=c1ccc2c(c1)C=CC(C)(c1ccc(OC)cc1)C=2. The van der Waals surface area contributed by atoms with Crippen LogP contribution < -0.4 is 15.2 Å². The maximum absolute atomic E-state index is 5.26. The van der Waals surface area contributed by atoms with Crippen molar-refractivity contribution in [3.05, 3.63) is 70.1 Å². The summed E-state index contributed by atoms with van der Waals surface area (Å²) in [4.78, 5) is 0. The van der Waals surface area contributed by atoms with Crippen LogP contribution in [0, 0.1) is 0 Å². The standard InChI is InChI=1S/C21H22O3/c1-21(18-7-9-19(22-2)10-8-18)12-11-15-13-16(20(23-3)24-4)5-6-17(15)14-21/h5-14H,1-4H3. The molecule has 1 aliphatic carbocycles. The maximum Gasteiger partial charge on any atom is 0.286 e. The first-order chi connectivity index (χ1) is 11.6. The number of hydrogen-bond donors (Lipinski definition) is 0. The Morgan fingerprint density at radius 1 is 0.917 bits per heavy atom. The number of ether oxygens (including phenoxy) is 3. The second kappa shape index (κ2) is 6.44. The van der Waals surface area contributed by atoms with Crippen molar-refractivity contribution in [1.29, 1.82) is 0 Å². The highest BCUT2D eigenvalue weighted by atomic mass is 16.7. The van der Waals surface area contributed by atoms with Crippen LogP contribution >= 0.6 is 0 Å². The molecule has 0 amide bonds. The third kappa shape index (κ3) is 2.90. The fourth-order valence-corrected chi connectivity index (χ4v) is 3.06. The summed E-state index contributed by atoms with van der Waals surface area (Å²) < 4.78 is 15.8. The highest BCUT2D eigenvalue weighted by molar-refractivity contribution is 5.66. The third-order valence-corrected chi connectivity index (χ3v) is 4.47. The molecule has 1 aliphatic rings. The van der Waals surface area contributed by atoms with E-state index in [0.29, 0.717) is 5.95 Å². The van der Waals surface area contributed by atoms with E-state index in [0.717, 1.165) is 16.5 Å². The Bertz CT molecular complexity index is 872. The topological polar surface area (TPSA) is 27.7 Å². The highest BCUT2D eigenvalue weighted by Gasteiger charge is 2.23. The van der Waals surface area contributed by atoms with Gasteiger partial charge in [-0.3, -0.25) is 0 Å². The van der Waals surface area contributed by atoms with Crippen molar-refractivity contribution in [2.24, 2.45) is 0 Å². The lowest BCUT2D eigenvalue weighted by atomic mass is 9.78. The maximum atomic E-state index is 5.26. The molecule has 0 aromatic heterocycles. The van der Waals surface area contributed by atoms with Gasteiger partial charge in [-0.2, -0.15) is 0 Å². The normalized spacial score (nSPS) is 18.3. The molecule has 2 aromatic rings. The molecular formula is C21H22O3. The molecule has 1 unspecified atom stereocenters. The Morgan fingerprint density at radius 3 is 2.25 bits per heavy atom. The lowest BCUT2D eigenvalue weighted by molar-refractivity contribution is 0.186. The monoisotopic (exact) mass is 322 g/mol. The zero-order chi connectivity index (χ0) is 17.2. The Labute approximate surface area is 142 Å². The van der Waals surface area contributed by atoms with Crippen molar-refractivity contribution in [3.63, 3.8) is 0 Å². The van der Waals surface area contributed by atoms with Crippen molar-refractivity contribution in [2.45, 2.75) is 12.3 Å².